The predicted octanol–water partition coefficient (Wildman–Crippen LogP) is -1.15. The lowest BCUT2D eigenvalue weighted by atomic mass is 9.96. The smallest absolute Gasteiger partial charge is 0.303 e. The van der Waals surface area contributed by atoms with Crippen molar-refractivity contribution in [3.05, 3.63) is 0 Å². The van der Waals surface area contributed by atoms with Gasteiger partial charge in [-0.05, 0) is 61.3 Å². The van der Waals surface area contributed by atoms with Gasteiger partial charge in [0.15, 0.2) is 61.3 Å². The van der Waals surface area contributed by atoms with E-state index in [2.05, 4.69) is 80.8 Å². The molecule has 0 bridgehead atoms. The van der Waals surface area contributed by atoms with Gasteiger partial charge in [-0.3, -0.25) is 81.5 Å². The van der Waals surface area contributed by atoms with E-state index in [-0.39, 0.29) is 125 Å². The lowest BCUT2D eigenvalue weighted by Gasteiger charge is -2.44. The van der Waals surface area contributed by atoms with Crippen molar-refractivity contribution in [3.63, 3.8) is 0 Å². The van der Waals surface area contributed by atoms with Crippen LogP contribution in [0.25, 0.3) is 0 Å². The number of nitrogens with one attached hydrogen (secondary N) is 8. The molecule has 0 spiro atoms. The van der Waals surface area contributed by atoms with E-state index in [1.165, 1.54) is 13.8 Å². The summed E-state index contributed by atoms with van der Waals surface area (Å²) >= 11 is 0. The molecule has 3 fully saturated rings. The first-order valence-electron chi connectivity index (χ1n) is 47.5. The molecule has 52 nitrogen and oxygen atoms in total. The average molecular weight is 2090 g/mol. The van der Waals surface area contributed by atoms with Gasteiger partial charge in [-0.25, -0.2) is 4.67 Å². The summed E-state index contributed by atoms with van der Waals surface area (Å²) in [5, 5.41) is 20.8. The summed E-state index contributed by atoms with van der Waals surface area (Å²) in [6, 6.07) is -6.02. The Hall–Kier alpha value is -9.58. The Labute approximate surface area is 840 Å². The molecular weight excluding hydrogens is 1940 g/mol. The van der Waals surface area contributed by atoms with Gasteiger partial charge in [0.05, 0.1) is 139 Å². The average Bonchev–Trinajstić information content (AvgIpc) is 0.793. The van der Waals surface area contributed by atoms with Gasteiger partial charge in [0.2, 0.25) is 53.5 Å². The van der Waals surface area contributed by atoms with E-state index >= 15 is 0 Å². The van der Waals surface area contributed by atoms with E-state index in [0.29, 0.717) is 91.2 Å². The molecule has 0 aromatic heterocycles. The first kappa shape index (κ1) is 130. The van der Waals surface area contributed by atoms with Crippen molar-refractivity contribution in [1.29, 1.82) is 0 Å². The monoisotopic (exact) mass is 2090 g/mol. The molecule has 144 heavy (non-hydrogen) atoms. The largest absolute Gasteiger partial charge is 0.463 e. The molecule has 3 aliphatic heterocycles. The molecule has 18 atom stereocenters. The number of carbonyl (C=O) groups is 17. The second-order valence-electron chi connectivity index (χ2n) is 32.4. The molecule has 3 heterocycles. The zero-order valence-electron chi connectivity index (χ0n) is 85.7. The fraction of sp³-hybridized carbons (Fsp3) is 0.791. The molecule has 3 rings (SSSR count). The standard InChI is InChI=1S/C73H116N8O38.C18H36NO5P/c1-14-99-27-28-104-30-29-100-23-19-58(96)81-53(69(98)76-22-26-103-33-36-107-72-61(79-43(5)85)66(115-50(12)92)67(116-51(13)93)73(119-72)110-37-40(2)82)16-18-57(95)80-52(68(97)75-21-25-102-32-35-106-71-60(78-42(4)84)65(114-49(11)91)63(112-47(9)89)55(118-71)39-109-45(7)87)15-17-56(94)74-20-24-101-31-34-105-70-59(77-41(3)83)64(113-48(10)90)62(111-46(8)88)54(117-70)38-108-44(6)86;1-7-9-10-23-25(19(17(3)4)18(5)6)24-16-15-22-14-13-21-12-11-20-8-2/h52-55,59-67,70-73H,14-39H2,1-13H3,(H,74,94)(H,75,97)(H,76,98)(H,77,83)(H,78,84)(H,79,85)(H,80,95)(H,81,96);1,17-18H,8-16H2,2-6H3. The fourth-order valence-electron chi connectivity index (χ4n) is 13.7. The molecule has 8 N–H and O–H groups in total. The molecule has 3 saturated heterocycles. The molecule has 8 amide bonds. The van der Waals surface area contributed by atoms with Crippen molar-refractivity contribution in [3.8, 4) is 12.3 Å². The minimum Gasteiger partial charge on any atom is -0.463 e. The molecule has 18 unspecified atom stereocenters. The number of ether oxygens (including phenoxy) is 24. The van der Waals surface area contributed by atoms with E-state index in [9.17, 15) is 81.5 Å². The van der Waals surface area contributed by atoms with Gasteiger partial charge >= 0.3 is 47.8 Å². The van der Waals surface area contributed by atoms with E-state index in [4.69, 9.17) is 129 Å². The van der Waals surface area contributed by atoms with Gasteiger partial charge in [0.25, 0.3) is 8.53 Å². The summed E-state index contributed by atoms with van der Waals surface area (Å²) < 4.78 is 148. The van der Waals surface area contributed by atoms with Crippen molar-refractivity contribution in [2.45, 2.75) is 279 Å². The molecule has 3 aliphatic rings. The highest BCUT2D eigenvalue weighted by Gasteiger charge is 2.55. The molecule has 0 aromatic rings. The summed E-state index contributed by atoms with van der Waals surface area (Å²) in [4.78, 5) is 215. The highest BCUT2D eigenvalue weighted by molar-refractivity contribution is 7.44. The first-order chi connectivity index (χ1) is 68.5. The van der Waals surface area contributed by atoms with Crippen LogP contribution < -0.4 is 42.5 Å². The van der Waals surface area contributed by atoms with E-state index in [1.54, 1.807) is 0 Å². The SMILES string of the molecule is C#CCCOP(OCCOCCOCCOCC)N(C(C)C)C(C)C.CCOCCOCCOCCC(=O)NC(CCC(=O)NC(CCC(=O)NCCOCCOC1OC(COC(C)=O)C(OC(C)=O)C(OC(C)=O)C1NC(C)=O)C(=O)NCCOCCOC1OC(COC(C)=O)C(OC(C)=O)C(OC(C)=O)C1NC(C)=O)C(=O)NCCOCCOC1OC(OCC(C)=O)C(OC(C)=O)C(OC(C)=O)C1NC(C)=O. The third-order valence-corrected chi connectivity index (χ3v) is 21.5. The number of ketones is 1. The highest BCUT2D eigenvalue weighted by atomic mass is 31.2. The predicted molar refractivity (Wildman–Crippen MR) is 499 cm³/mol. The maximum atomic E-state index is 14.1. The van der Waals surface area contributed by atoms with Crippen LogP contribution in [0.15, 0.2) is 0 Å². The van der Waals surface area contributed by atoms with Gasteiger partial charge < -0.3 is 165 Å². The minimum atomic E-state index is -1.53. The number of rotatable bonds is 74. The Balaban J connectivity index is 0.00000244. The van der Waals surface area contributed by atoms with Crippen LogP contribution in [0.5, 0.6) is 0 Å². The number of carbonyl (C=O) groups excluding carboxylic acids is 17. The molecule has 53 heteroatoms. The van der Waals surface area contributed by atoms with Crippen molar-refractivity contribution in [2.75, 3.05) is 191 Å². The van der Waals surface area contributed by atoms with Gasteiger partial charge in [-0.1, -0.05) is 0 Å². The van der Waals surface area contributed by atoms with Crippen molar-refractivity contribution in [1.82, 2.24) is 47.2 Å². The van der Waals surface area contributed by atoms with Crippen molar-refractivity contribution >= 4 is 109 Å². The van der Waals surface area contributed by atoms with Crippen molar-refractivity contribution < 1.29 is 204 Å². The zero-order valence-corrected chi connectivity index (χ0v) is 86.6. The van der Waals surface area contributed by atoms with Crippen LogP contribution in [0.1, 0.15) is 163 Å². The van der Waals surface area contributed by atoms with Crippen molar-refractivity contribution in [2.24, 2.45) is 0 Å². The third-order valence-electron chi connectivity index (χ3n) is 19.4. The Kier molecular flexibility index (Phi) is 69.7. The molecule has 0 aromatic carbocycles. The van der Waals surface area contributed by atoms with Gasteiger partial charge in [0, 0.05) is 147 Å². The third kappa shape index (κ3) is 58.7. The molecule has 0 radical (unpaired) electrons. The lowest BCUT2D eigenvalue weighted by Crippen LogP contribution is -2.66. The molecule has 0 aliphatic carbocycles. The number of hydrogen-bond acceptors (Lipinski definition) is 44. The summed E-state index contributed by atoms with van der Waals surface area (Å²) in [6.07, 6.45) is -12.7. The second kappa shape index (κ2) is 76.9. The molecular formula is C91H152N9O43P. The topological polar surface area (TPSA) is 630 Å². The molecule has 824 valence electrons. The number of amides is 8. The lowest BCUT2D eigenvalue weighted by molar-refractivity contribution is -0.329. The normalized spacial score (nSPS) is 21.3. The van der Waals surface area contributed by atoms with Gasteiger partial charge in [-0.2, -0.15) is 0 Å². The van der Waals surface area contributed by atoms with Gasteiger partial charge in [0.1, 0.15) is 62.2 Å². The quantitative estimate of drug-likeness (QED) is 0.0117. The van der Waals surface area contributed by atoms with Crippen LogP contribution in [0.3, 0.4) is 0 Å². The number of esters is 8. The van der Waals surface area contributed by atoms with Crippen LogP contribution in [-0.2, 0) is 204 Å². The van der Waals surface area contributed by atoms with Crippen LogP contribution in [-0.4, -0.2) is 413 Å². The number of Topliss-reactive ketones (excluding diaryl/α,β-unsaturated/α-hetero) is 1. The van der Waals surface area contributed by atoms with Crippen LogP contribution in [0, 0.1) is 12.3 Å². The minimum absolute atomic E-state index is 0.0982. The van der Waals surface area contributed by atoms with E-state index in [1.807, 2.05) is 13.8 Å². The Morgan fingerprint density at radius 1 is 0.340 bits per heavy atom. The first-order valence-corrected chi connectivity index (χ1v) is 48.6. The Morgan fingerprint density at radius 3 is 1.02 bits per heavy atom. The number of nitrogens with zero attached hydrogens (tertiary/aromatic N) is 1. The summed E-state index contributed by atoms with van der Waals surface area (Å²) in [5.74, 6) is -9.78. The van der Waals surface area contributed by atoms with Crippen LogP contribution >= 0.6 is 8.53 Å². The summed E-state index contributed by atoms with van der Waals surface area (Å²) in [5.41, 5.74) is 0. The number of terminal acetylenes is 1. The number of hydrogen-bond donors (Lipinski definition) is 8. The Morgan fingerprint density at radius 2 is 0.660 bits per heavy atom. The van der Waals surface area contributed by atoms with Crippen LogP contribution in [0.4, 0.5) is 0 Å². The maximum absolute atomic E-state index is 14.1. The van der Waals surface area contributed by atoms with Gasteiger partial charge in [-0.15, -0.1) is 12.3 Å². The fourth-order valence-corrected chi connectivity index (χ4v) is 15.3. The maximum Gasteiger partial charge on any atom is 0.303 e. The summed E-state index contributed by atoms with van der Waals surface area (Å²) in [6.45, 7) is 27.8. The van der Waals surface area contributed by atoms with E-state index in [0.717, 1.165) is 69.2 Å². The zero-order chi connectivity index (χ0) is 107. The Bertz CT molecular complexity index is 3880. The second-order valence-corrected chi connectivity index (χ2v) is 33.9. The summed E-state index contributed by atoms with van der Waals surface area (Å²) in [7, 11) is -1.14. The van der Waals surface area contributed by atoms with Crippen LogP contribution in [0.2, 0.25) is 0 Å². The van der Waals surface area contributed by atoms with E-state index < -0.39 is 240 Å². The highest BCUT2D eigenvalue weighted by Crippen LogP contribution is 2.46. The molecule has 0 saturated carbocycles.